The number of hydrogen-bond acceptors (Lipinski definition) is 7. The lowest BCUT2D eigenvalue weighted by molar-refractivity contribution is 0.290. The minimum absolute atomic E-state index is 0.199. The second-order valence-electron chi connectivity index (χ2n) is 7.35. The van der Waals surface area contributed by atoms with Gasteiger partial charge in [0.15, 0.2) is 23.2 Å². The van der Waals surface area contributed by atoms with Crippen LogP contribution in [-0.2, 0) is 13.2 Å². The normalized spacial score (nSPS) is 12.1. The van der Waals surface area contributed by atoms with Crippen LogP contribution < -0.4 is 4.74 Å². The van der Waals surface area contributed by atoms with Gasteiger partial charge >= 0.3 is 0 Å². The van der Waals surface area contributed by atoms with Gasteiger partial charge in [-0.25, -0.2) is 9.37 Å². The molecule has 0 aliphatic carbocycles. The van der Waals surface area contributed by atoms with Crippen molar-refractivity contribution in [1.82, 2.24) is 34.5 Å². The van der Waals surface area contributed by atoms with E-state index < -0.39 is 0 Å². The zero-order valence-corrected chi connectivity index (χ0v) is 16.9. The quantitative estimate of drug-likeness (QED) is 0.423. The van der Waals surface area contributed by atoms with Gasteiger partial charge in [-0.3, -0.25) is 4.57 Å². The molecule has 6 rings (SSSR count). The Labute approximate surface area is 181 Å². The zero-order chi connectivity index (χ0) is 21.7. The summed E-state index contributed by atoms with van der Waals surface area (Å²) in [5, 5.41) is 12.6. The molecule has 158 valence electrons. The van der Waals surface area contributed by atoms with Crippen molar-refractivity contribution in [3.05, 3.63) is 78.0 Å². The van der Waals surface area contributed by atoms with Gasteiger partial charge < -0.3 is 13.8 Å². The van der Waals surface area contributed by atoms with E-state index in [9.17, 15) is 4.39 Å². The fraction of sp³-hybridized carbons (Fsp3) is 0.136. The number of fused-ring (bicyclic) bond motifs is 5. The Morgan fingerprint density at radius 1 is 1.12 bits per heavy atom. The minimum atomic E-state index is -0.364. The molecule has 1 aliphatic heterocycles. The van der Waals surface area contributed by atoms with E-state index in [0.29, 0.717) is 41.2 Å². The van der Waals surface area contributed by atoms with Gasteiger partial charge in [0.25, 0.3) is 5.89 Å². The first kappa shape index (κ1) is 18.4. The highest BCUT2D eigenvalue weighted by atomic mass is 19.1. The number of para-hydroxylation sites is 1. The van der Waals surface area contributed by atoms with Gasteiger partial charge in [0.1, 0.15) is 24.5 Å². The second kappa shape index (κ2) is 7.12. The molecule has 2 aromatic carbocycles. The van der Waals surface area contributed by atoms with Crippen LogP contribution in [-0.4, -0.2) is 34.5 Å². The molecule has 3 aromatic heterocycles. The van der Waals surface area contributed by atoms with Crippen molar-refractivity contribution >= 4 is 0 Å². The van der Waals surface area contributed by atoms with E-state index in [1.165, 1.54) is 12.1 Å². The number of imidazole rings is 1. The number of halogens is 1. The van der Waals surface area contributed by atoms with Crippen LogP contribution in [0.2, 0.25) is 0 Å². The van der Waals surface area contributed by atoms with Crippen molar-refractivity contribution in [1.29, 1.82) is 0 Å². The summed E-state index contributed by atoms with van der Waals surface area (Å²) in [5.41, 5.74) is 2.68. The average Bonchev–Trinajstić information content (AvgIpc) is 3.50. The number of rotatable bonds is 4. The Balaban J connectivity index is 1.49. The first-order chi connectivity index (χ1) is 15.7. The van der Waals surface area contributed by atoms with Crippen LogP contribution in [0.1, 0.15) is 17.3 Å². The highest BCUT2D eigenvalue weighted by Crippen LogP contribution is 2.35. The van der Waals surface area contributed by atoms with Crippen molar-refractivity contribution in [2.75, 3.05) is 0 Å². The van der Waals surface area contributed by atoms with Crippen LogP contribution in [0.4, 0.5) is 4.39 Å². The zero-order valence-electron chi connectivity index (χ0n) is 16.9. The molecule has 0 atom stereocenters. The summed E-state index contributed by atoms with van der Waals surface area (Å²) in [6.07, 6.45) is 1.67. The van der Waals surface area contributed by atoms with Gasteiger partial charge in [0.05, 0.1) is 17.9 Å². The van der Waals surface area contributed by atoms with E-state index in [2.05, 4.69) is 25.3 Å². The maximum Gasteiger partial charge on any atom is 0.278 e. The molecular formula is C22H16FN7O2. The molecule has 0 amide bonds. The number of benzene rings is 2. The van der Waals surface area contributed by atoms with E-state index in [4.69, 9.17) is 9.26 Å². The third-order valence-corrected chi connectivity index (χ3v) is 5.30. The molecule has 0 unspecified atom stereocenters. The molecule has 0 saturated heterocycles. The summed E-state index contributed by atoms with van der Waals surface area (Å²) >= 11 is 0. The summed E-state index contributed by atoms with van der Waals surface area (Å²) in [4.78, 5) is 8.84. The Bertz CT molecular complexity index is 1440. The third-order valence-electron chi connectivity index (χ3n) is 5.30. The van der Waals surface area contributed by atoms with Gasteiger partial charge in [-0.05, 0) is 37.3 Å². The molecule has 0 fully saturated rings. The number of aromatic nitrogens is 7. The van der Waals surface area contributed by atoms with Crippen LogP contribution in [0.5, 0.6) is 5.75 Å². The minimum Gasteiger partial charge on any atom is -0.486 e. The Kier molecular flexibility index (Phi) is 4.10. The number of hydrogen-bond donors (Lipinski definition) is 0. The van der Waals surface area contributed by atoms with E-state index in [-0.39, 0.29) is 12.4 Å². The maximum atomic E-state index is 14.2. The summed E-state index contributed by atoms with van der Waals surface area (Å²) in [7, 11) is 0. The van der Waals surface area contributed by atoms with E-state index in [0.717, 1.165) is 17.1 Å². The van der Waals surface area contributed by atoms with Crippen molar-refractivity contribution in [3.8, 4) is 34.4 Å². The predicted molar refractivity (Wildman–Crippen MR) is 110 cm³/mol. The smallest absolute Gasteiger partial charge is 0.278 e. The topological polar surface area (TPSA) is 96.7 Å². The number of aryl methyl sites for hydroxylation is 1. The van der Waals surface area contributed by atoms with Crippen molar-refractivity contribution in [2.24, 2.45) is 0 Å². The molecular weight excluding hydrogens is 413 g/mol. The monoisotopic (exact) mass is 429 g/mol. The number of ether oxygens (including phenoxy) is 1. The fourth-order valence-corrected chi connectivity index (χ4v) is 3.82. The van der Waals surface area contributed by atoms with E-state index >= 15 is 0 Å². The molecule has 9 nitrogen and oxygen atoms in total. The van der Waals surface area contributed by atoms with Crippen LogP contribution in [0.3, 0.4) is 0 Å². The predicted octanol–water partition coefficient (Wildman–Crippen LogP) is 3.57. The standard InChI is InChI=1S/C22H16FN7O2/c1-13-25-22(32-28-13)20-18-10-29-19(11-31-15-5-3-2-4-6-15)26-27-21(29)16-9-14(23)7-8-17(16)30(18)12-24-20/h2-9,12H,10-11H2,1H3. The van der Waals surface area contributed by atoms with Gasteiger partial charge in [-0.15, -0.1) is 10.2 Å². The van der Waals surface area contributed by atoms with Crippen LogP contribution in [0, 0.1) is 12.7 Å². The van der Waals surface area contributed by atoms with Crippen LogP contribution >= 0.6 is 0 Å². The summed E-state index contributed by atoms with van der Waals surface area (Å²) in [6, 6.07) is 14.0. The first-order valence-corrected chi connectivity index (χ1v) is 9.94. The molecule has 0 radical (unpaired) electrons. The van der Waals surface area contributed by atoms with Crippen molar-refractivity contribution in [3.63, 3.8) is 0 Å². The lowest BCUT2D eigenvalue weighted by Crippen LogP contribution is -2.10. The Morgan fingerprint density at radius 3 is 2.81 bits per heavy atom. The van der Waals surface area contributed by atoms with Crippen molar-refractivity contribution in [2.45, 2.75) is 20.1 Å². The van der Waals surface area contributed by atoms with Gasteiger partial charge in [0, 0.05) is 5.56 Å². The molecule has 0 N–H and O–H groups in total. The fourth-order valence-electron chi connectivity index (χ4n) is 3.82. The summed E-state index contributed by atoms with van der Waals surface area (Å²) in [6.45, 7) is 2.31. The van der Waals surface area contributed by atoms with Crippen molar-refractivity contribution < 1.29 is 13.7 Å². The van der Waals surface area contributed by atoms with Crippen LogP contribution in [0.25, 0.3) is 28.7 Å². The third kappa shape index (κ3) is 2.96. The lowest BCUT2D eigenvalue weighted by Gasteiger charge is -2.10. The highest BCUT2D eigenvalue weighted by molar-refractivity contribution is 5.71. The van der Waals surface area contributed by atoms with E-state index in [1.54, 1.807) is 19.3 Å². The molecule has 0 saturated carbocycles. The molecule has 0 bridgehead atoms. The second-order valence-corrected chi connectivity index (χ2v) is 7.35. The molecule has 10 heteroatoms. The molecule has 0 spiro atoms. The van der Waals surface area contributed by atoms with Gasteiger partial charge in [-0.1, -0.05) is 23.4 Å². The Morgan fingerprint density at radius 2 is 2.00 bits per heavy atom. The molecule has 1 aliphatic rings. The Hall–Kier alpha value is -4.34. The molecule has 32 heavy (non-hydrogen) atoms. The molecule has 4 heterocycles. The maximum absolute atomic E-state index is 14.2. The summed E-state index contributed by atoms with van der Waals surface area (Å²) < 4.78 is 29.3. The van der Waals surface area contributed by atoms with Gasteiger partial charge in [-0.2, -0.15) is 4.98 Å². The first-order valence-electron chi connectivity index (χ1n) is 9.94. The lowest BCUT2D eigenvalue weighted by atomic mass is 10.1. The van der Waals surface area contributed by atoms with Gasteiger partial charge in [0.2, 0.25) is 0 Å². The average molecular weight is 429 g/mol. The SMILES string of the molecule is Cc1noc(-c2ncn3c2Cn2c(COc4ccccc4)nnc2-c2cc(F)ccc2-3)n1. The largest absolute Gasteiger partial charge is 0.486 e. The molecule has 5 aromatic rings. The summed E-state index contributed by atoms with van der Waals surface area (Å²) in [5.74, 6) is 2.33. The van der Waals surface area contributed by atoms with E-state index in [1.807, 2.05) is 39.5 Å². The highest BCUT2D eigenvalue weighted by Gasteiger charge is 2.28. The number of nitrogens with zero attached hydrogens (tertiary/aromatic N) is 7. The van der Waals surface area contributed by atoms with Crippen LogP contribution in [0.15, 0.2) is 59.4 Å².